The first kappa shape index (κ1) is 10.5. The topological polar surface area (TPSA) is 22.0 Å². The SMILES string of the molecule is CC(C)c1cn(C)c(=O)c2c1CCCC2. The molecule has 1 heterocycles. The van der Waals surface area contributed by atoms with E-state index in [4.69, 9.17) is 0 Å². The third-order valence-electron chi connectivity index (χ3n) is 3.35. The highest BCUT2D eigenvalue weighted by molar-refractivity contribution is 5.36. The number of fused-ring (bicyclic) bond motifs is 1. The van der Waals surface area contributed by atoms with Gasteiger partial charge in [-0.15, -0.1) is 0 Å². The zero-order valence-electron chi connectivity index (χ0n) is 9.84. The van der Waals surface area contributed by atoms with Crippen molar-refractivity contribution in [2.24, 2.45) is 7.05 Å². The molecule has 15 heavy (non-hydrogen) atoms. The minimum atomic E-state index is 0.217. The summed E-state index contributed by atoms with van der Waals surface area (Å²) in [5.74, 6) is 0.517. The van der Waals surface area contributed by atoms with Crippen LogP contribution in [-0.4, -0.2) is 4.57 Å². The molecule has 1 aliphatic rings. The molecule has 1 aromatic heterocycles. The van der Waals surface area contributed by atoms with Crippen LogP contribution in [0.5, 0.6) is 0 Å². The number of aromatic nitrogens is 1. The van der Waals surface area contributed by atoms with Crippen molar-refractivity contribution in [1.29, 1.82) is 0 Å². The third kappa shape index (κ3) is 1.73. The van der Waals surface area contributed by atoms with Gasteiger partial charge in [0.2, 0.25) is 0 Å². The van der Waals surface area contributed by atoms with E-state index in [2.05, 4.69) is 13.8 Å². The Balaban J connectivity index is 2.67. The number of pyridine rings is 1. The summed E-state index contributed by atoms with van der Waals surface area (Å²) >= 11 is 0. The molecule has 0 aliphatic heterocycles. The van der Waals surface area contributed by atoms with Crippen LogP contribution in [0.4, 0.5) is 0 Å². The Hall–Kier alpha value is -1.05. The molecule has 0 saturated heterocycles. The Morgan fingerprint density at radius 2 is 1.80 bits per heavy atom. The van der Waals surface area contributed by atoms with E-state index in [1.54, 1.807) is 4.57 Å². The van der Waals surface area contributed by atoms with Gasteiger partial charge in [0.05, 0.1) is 0 Å². The van der Waals surface area contributed by atoms with Gasteiger partial charge in [0.1, 0.15) is 0 Å². The van der Waals surface area contributed by atoms with E-state index in [9.17, 15) is 4.79 Å². The van der Waals surface area contributed by atoms with Gasteiger partial charge in [0.25, 0.3) is 5.56 Å². The summed E-state index contributed by atoms with van der Waals surface area (Å²) in [5, 5.41) is 0. The molecule has 1 aromatic rings. The van der Waals surface area contributed by atoms with Crippen molar-refractivity contribution < 1.29 is 0 Å². The van der Waals surface area contributed by atoms with Crippen LogP contribution in [0.15, 0.2) is 11.0 Å². The molecule has 0 fully saturated rings. The third-order valence-corrected chi connectivity index (χ3v) is 3.35. The Morgan fingerprint density at radius 3 is 2.40 bits per heavy atom. The molecule has 0 aromatic carbocycles. The van der Waals surface area contributed by atoms with Crippen molar-refractivity contribution in [1.82, 2.24) is 4.57 Å². The van der Waals surface area contributed by atoms with Crippen LogP contribution in [0.2, 0.25) is 0 Å². The Labute approximate surface area is 90.9 Å². The molecule has 0 N–H and O–H groups in total. The van der Waals surface area contributed by atoms with Gasteiger partial charge in [-0.05, 0) is 42.7 Å². The second-order valence-electron chi connectivity index (χ2n) is 4.82. The van der Waals surface area contributed by atoms with Gasteiger partial charge in [-0.2, -0.15) is 0 Å². The normalized spacial score (nSPS) is 15.5. The number of hydrogen-bond donors (Lipinski definition) is 0. The van der Waals surface area contributed by atoms with Gasteiger partial charge in [0, 0.05) is 18.8 Å². The average Bonchev–Trinajstić information content (AvgIpc) is 2.23. The van der Waals surface area contributed by atoms with E-state index in [-0.39, 0.29) is 5.56 Å². The highest BCUT2D eigenvalue weighted by Gasteiger charge is 2.18. The second kappa shape index (κ2) is 3.84. The highest BCUT2D eigenvalue weighted by Crippen LogP contribution is 2.26. The summed E-state index contributed by atoms with van der Waals surface area (Å²) in [7, 11) is 1.86. The number of nitrogens with zero attached hydrogens (tertiary/aromatic N) is 1. The molecule has 0 bridgehead atoms. The molecule has 2 nitrogen and oxygen atoms in total. The van der Waals surface area contributed by atoms with E-state index in [1.165, 1.54) is 24.0 Å². The molecule has 82 valence electrons. The predicted molar refractivity (Wildman–Crippen MR) is 62.4 cm³/mol. The quantitative estimate of drug-likeness (QED) is 0.690. The smallest absolute Gasteiger partial charge is 0.253 e. The van der Waals surface area contributed by atoms with Crippen molar-refractivity contribution in [3.05, 3.63) is 33.2 Å². The molecule has 0 amide bonds. The van der Waals surface area contributed by atoms with Crippen LogP contribution in [0.25, 0.3) is 0 Å². The fourth-order valence-electron chi connectivity index (χ4n) is 2.52. The second-order valence-corrected chi connectivity index (χ2v) is 4.82. The molecule has 0 saturated carbocycles. The van der Waals surface area contributed by atoms with Crippen molar-refractivity contribution >= 4 is 0 Å². The van der Waals surface area contributed by atoms with Crippen LogP contribution in [0.1, 0.15) is 49.3 Å². The molecule has 0 spiro atoms. The van der Waals surface area contributed by atoms with Gasteiger partial charge in [-0.3, -0.25) is 4.79 Å². The Bertz CT molecular complexity index is 429. The summed E-state index contributed by atoms with van der Waals surface area (Å²) in [6, 6.07) is 0. The maximum atomic E-state index is 12.0. The van der Waals surface area contributed by atoms with Gasteiger partial charge >= 0.3 is 0 Å². The molecular formula is C13H19NO. The van der Waals surface area contributed by atoms with Crippen molar-refractivity contribution in [3.63, 3.8) is 0 Å². The standard InChI is InChI=1S/C13H19NO/c1-9(2)12-8-14(3)13(15)11-7-5-4-6-10(11)12/h8-9H,4-7H2,1-3H3. The lowest BCUT2D eigenvalue weighted by molar-refractivity contribution is 0.643. The van der Waals surface area contributed by atoms with E-state index < -0.39 is 0 Å². The maximum absolute atomic E-state index is 12.0. The molecule has 0 unspecified atom stereocenters. The van der Waals surface area contributed by atoms with Crippen molar-refractivity contribution in [2.45, 2.75) is 45.4 Å². The van der Waals surface area contributed by atoms with Gasteiger partial charge in [0.15, 0.2) is 0 Å². The number of hydrogen-bond acceptors (Lipinski definition) is 1. The Morgan fingerprint density at radius 1 is 1.20 bits per heavy atom. The van der Waals surface area contributed by atoms with Crippen LogP contribution in [0, 0.1) is 0 Å². The zero-order chi connectivity index (χ0) is 11.0. The zero-order valence-corrected chi connectivity index (χ0v) is 9.84. The van der Waals surface area contributed by atoms with Gasteiger partial charge in [-0.1, -0.05) is 13.8 Å². The van der Waals surface area contributed by atoms with Crippen molar-refractivity contribution in [3.8, 4) is 0 Å². The van der Waals surface area contributed by atoms with Crippen LogP contribution < -0.4 is 5.56 Å². The summed E-state index contributed by atoms with van der Waals surface area (Å²) < 4.78 is 1.75. The van der Waals surface area contributed by atoms with E-state index in [0.717, 1.165) is 18.4 Å². The summed E-state index contributed by atoms with van der Waals surface area (Å²) in [6.07, 6.45) is 6.50. The first-order chi connectivity index (χ1) is 7.11. The fraction of sp³-hybridized carbons (Fsp3) is 0.615. The van der Waals surface area contributed by atoms with E-state index in [0.29, 0.717) is 5.92 Å². The first-order valence-corrected chi connectivity index (χ1v) is 5.82. The lowest BCUT2D eigenvalue weighted by Gasteiger charge is -2.21. The number of rotatable bonds is 1. The van der Waals surface area contributed by atoms with Crippen LogP contribution >= 0.6 is 0 Å². The summed E-state index contributed by atoms with van der Waals surface area (Å²) in [5.41, 5.74) is 4.01. The lowest BCUT2D eigenvalue weighted by Crippen LogP contribution is -2.26. The lowest BCUT2D eigenvalue weighted by atomic mass is 9.86. The van der Waals surface area contributed by atoms with Crippen LogP contribution in [-0.2, 0) is 19.9 Å². The molecule has 1 aliphatic carbocycles. The van der Waals surface area contributed by atoms with E-state index >= 15 is 0 Å². The molecule has 0 radical (unpaired) electrons. The summed E-state index contributed by atoms with van der Waals surface area (Å²) in [4.78, 5) is 12.0. The minimum absolute atomic E-state index is 0.217. The molecular weight excluding hydrogens is 186 g/mol. The molecule has 2 heteroatoms. The fourth-order valence-corrected chi connectivity index (χ4v) is 2.52. The largest absolute Gasteiger partial charge is 0.318 e. The van der Waals surface area contributed by atoms with E-state index in [1.807, 2.05) is 13.2 Å². The van der Waals surface area contributed by atoms with Crippen molar-refractivity contribution in [2.75, 3.05) is 0 Å². The Kier molecular flexibility index (Phi) is 2.68. The van der Waals surface area contributed by atoms with Crippen LogP contribution in [0.3, 0.4) is 0 Å². The maximum Gasteiger partial charge on any atom is 0.253 e. The highest BCUT2D eigenvalue weighted by atomic mass is 16.1. The minimum Gasteiger partial charge on any atom is -0.318 e. The number of aryl methyl sites for hydroxylation is 1. The molecule has 2 rings (SSSR count). The summed E-state index contributed by atoms with van der Waals surface area (Å²) in [6.45, 7) is 4.41. The first-order valence-electron chi connectivity index (χ1n) is 5.82. The predicted octanol–water partition coefficient (Wildman–Crippen LogP) is 2.39. The van der Waals surface area contributed by atoms with Gasteiger partial charge in [-0.25, -0.2) is 0 Å². The molecule has 0 atom stereocenters. The average molecular weight is 205 g/mol. The monoisotopic (exact) mass is 205 g/mol. The van der Waals surface area contributed by atoms with Gasteiger partial charge < -0.3 is 4.57 Å².